The van der Waals surface area contributed by atoms with Crippen LogP contribution in [0.1, 0.15) is 60.8 Å². The SMILES string of the molecule is CCNC(=O)Nc1cccc([C@H]2O[C@@H](CN3CCC(O)(c4ccc(Cl)cc4)CC3)C[C@@H](c3ccc(CO)cc3)O2)c1. The van der Waals surface area contributed by atoms with E-state index in [1.807, 2.05) is 79.7 Å². The molecule has 0 spiro atoms. The number of halogens is 1. The van der Waals surface area contributed by atoms with Crippen LogP contribution in [0, 0.1) is 0 Å². The molecule has 0 aliphatic carbocycles. The smallest absolute Gasteiger partial charge is 0.319 e. The average Bonchev–Trinajstić information content (AvgIpc) is 2.99. The standard InChI is InChI=1S/C32H38ClN3O5/c1-2-34-31(38)35-27-5-3-4-24(18-27)30-40-28(19-29(41-30)23-8-6-22(21-37)7-9-23)20-36-16-14-32(39,15-17-36)25-10-12-26(33)13-11-25/h3-13,18,28-30,37,39H,2,14-17,19-21H2,1H3,(H2,34,35,38)/t28-,29+,30+/m1/s1. The molecule has 218 valence electrons. The molecular weight excluding hydrogens is 542 g/mol. The third-order valence-electron chi connectivity index (χ3n) is 7.90. The van der Waals surface area contributed by atoms with Crippen molar-refractivity contribution in [2.45, 2.75) is 56.9 Å². The van der Waals surface area contributed by atoms with Gasteiger partial charge in [0, 0.05) is 48.9 Å². The number of aliphatic hydroxyl groups is 2. The van der Waals surface area contributed by atoms with Gasteiger partial charge in [0.2, 0.25) is 0 Å². The molecule has 3 atom stereocenters. The highest BCUT2D eigenvalue weighted by Gasteiger charge is 2.37. The number of nitrogens with one attached hydrogen (secondary N) is 2. The Morgan fingerprint density at radius 1 is 1.02 bits per heavy atom. The molecule has 0 radical (unpaired) electrons. The highest BCUT2D eigenvalue weighted by molar-refractivity contribution is 6.30. The predicted octanol–water partition coefficient (Wildman–Crippen LogP) is 5.50. The van der Waals surface area contributed by atoms with Crippen LogP contribution in [-0.4, -0.2) is 53.4 Å². The van der Waals surface area contributed by atoms with Crippen molar-refractivity contribution in [3.8, 4) is 0 Å². The lowest BCUT2D eigenvalue weighted by molar-refractivity contribution is -0.253. The van der Waals surface area contributed by atoms with E-state index < -0.39 is 11.9 Å². The van der Waals surface area contributed by atoms with Gasteiger partial charge in [0.05, 0.1) is 24.4 Å². The molecular formula is C32H38ClN3O5. The quantitative estimate of drug-likeness (QED) is 0.281. The molecule has 0 unspecified atom stereocenters. The maximum Gasteiger partial charge on any atom is 0.319 e. The number of urea groups is 1. The Morgan fingerprint density at radius 3 is 2.44 bits per heavy atom. The predicted molar refractivity (Wildman–Crippen MR) is 159 cm³/mol. The Balaban J connectivity index is 1.30. The number of aliphatic hydroxyl groups excluding tert-OH is 1. The zero-order valence-electron chi connectivity index (χ0n) is 23.3. The van der Waals surface area contributed by atoms with E-state index in [9.17, 15) is 15.0 Å². The number of hydrogen-bond donors (Lipinski definition) is 4. The molecule has 3 aromatic carbocycles. The van der Waals surface area contributed by atoms with E-state index >= 15 is 0 Å². The van der Waals surface area contributed by atoms with Crippen LogP contribution in [0.4, 0.5) is 10.5 Å². The molecule has 2 aliphatic heterocycles. The van der Waals surface area contributed by atoms with Gasteiger partial charge in [-0.25, -0.2) is 4.79 Å². The second-order valence-corrected chi connectivity index (χ2v) is 11.2. The van der Waals surface area contributed by atoms with Crippen LogP contribution in [0.3, 0.4) is 0 Å². The largest absolute Gasteiger partial charge is 0.392 e. The monoisotopic (exact) mass is 579 g/mol. The molecule has 2 fully saturated rings. The molecule has 2 aliphatic rings. The fourth-order valence-electron chi connectivity index (χ4n) is 5.57. The van der Waals surface area contributed by atoms with E-state index in [0.717, 1.165) is 35.3 Å². The van der Waals surface area contributed by atoms with Crippen LogP contribution >= 0.6 is 11.6 Å². The fourth-order valence-corrected chi connectivity index (χ4v) is 5.70. The van der Waals surface area contributed by atoms with Crippen molar-refractivity contribution >= 4 is 23.3 Å². The second-order valence-electron chi connectivity index (χ2n) is 10.8. The summed E-state index contributed by atoms with van der Waals surface area (Å²) in [6.45, 7) is 4.58. The van der Waals surface area contributed by atoms with E-state index in [2.05, 4.69) is 15.5 Å². The van der Waals surface area contributed by atoms with Crippen LogP contribution in [0.5, 0.6) is 0 Å². The third kappa shape index (κ3) is 7.46. The molecule has 2 heterocycles. The molecule has 41 heavy (non-hydrogen) atoms. The minimum absolute atomic E-state index is 0.0110. The molecule has 9 heteroatoms. The fraction of sp³-hybridized carbons (Fsp3) is 0.406. The number of likely N-dealkylation sites (tertiary alicyclic amines) is 1. The molecule has 4 N–H and O–H groups in total. The first-order valence-electron chi connectivity index (χ1n) is 14.2. The van der Waals surface area contributed by atoms with Gasteiger partial charge in [-0.05, 0) is 60.7 Å². The molecule has 0 aromatic heterocycles. The van der Waals surface area contributed by atoms with Crippen molar-refractivity contribution in [2.24, 2.45) is 0 Å². The maximum absolute atomic E-state index is 12.1. The van der Waals surface area contributed by atoms with Crippen molar-refractivity contribution in [1.29, 1.82) is 0 Å². The number of amides is 2. The van der Waals surface area contributed by atoms with Crippen LogP contribution < -0.4 is 10.6 Å². The van der Waals surface area contributed by atoms with Crippen LogP contribution in [0.2, 0.25) is 5.02 Å². The zero-order valence-corrected chi connectivity index (χ0v) is 24.0. The number of hydrogen-bond acceptors (Lipinski definition) is 6. The Hall–Kier alpha value is -2.98. The lowest BCUT2D eigenvalue weighted by atomic mass is 9.84. The van der Waals surface area contributed by atoms with Crippen molar-refractivity contribution in [3.05, 3.63) is 100 Å². The van der Waals surface area contributed by atoms with Gasteiger partial charge in [0.1, 0.15) is 0 Å². The number of nitrogens with zero attached hydrogens (tertiary/aromatic N) is 1. The molecule has 8 nitrogen and oxygen atoms in total. The molecule has 0 bridgehead atoms. The lowest BCUT2D eigenvalue weighted by Crippen LogP contribution is -2.46. The van der Waals surface area contributed by atoms with Gasteiger partial charge in [0.15, 0.2) is 6.29 Å². The van der Waals surface area contributed by atoms with Gasteiger partial charge in [0.25, 0.3) is 0 Å². The van der Waals surface area contributed by atoms with Crippen molar-refractivity contribution < 1.29 is 24.5 Å². The van der Waals surface area contributed by atoms with Gasteiger partial charge in [-0.3, -0.25) is 0 Å². The van der Waals surface area contributed by atoms with Gasteiger partial charge in [-0.1, -0.05) is 60.1 Å². The molecule has 5 rings (SSSR count). The summed E-state index contributed by atoms with van der Waals surface area (Å²) in [6.07, 6.45) is 0.981. The number of anilines is 1. The summed E-state index contributed by atoms with van der Waals surface area (Å²) in [5.41, 5.74) is 3.37. The Morgan fingerprint density at radius 2 is 1.76 bits per heavy atom. The van der Waals surface area contributed by atoms with E-state index in [4.69, 9.17) is 21.1 Å². The summed E-state index contributed by atoms with van der Waals surface area (Å²) in [5, 5.41) is 27.1. The minimum Gasteiger partial charge on any atom is -0.392 e. The van der Waals surface area contributed by atoms with E-state index in [0.29, 0.717) is 43.1 Å². The summed E-state index contributed by atoms with van der Waals surface area (Å²) in [7, 11) is 0. The Labute approximate surface area is 246 Å². The molecule has 2 saturated heterocycles. The second kappa shape index (κ2) is 13.3. The number of carbonyl (C=O) groups is 1. The summed E-state index contributed by atoms with van der Waals surface area (Å²) < 4.78 is 13.0. The Kier molecular flexibility index (Phi) is 9.60. The number of carbonyl (C=O) groups excluding carboxylic acids is 1. The van der Waals surface area contributed by atoms with E-state index in [-0.39, 0.29) is 24.8 Å². The minimum atomic E-state index is -0.866. The first-order valence-corrected chi connectivity index (χ1v) is 14.6. The van der Waals surface area contributed by atoms with Gasteiger partial charge in [-0.2, -0.15) is 0 Å². The van der Waals surface area contributed by atoms with Crippen LogP contribution in [0.25, 0.3) is 0 Å². The van der Waals surface area contributed by atoms with Gasteiger partial charge < -0.3 is 35.2 Å². The van der Waals surface area contributed by atoms with Crippen LogP contribution in [-0.2, 0) is 21.7 Å². The summed E-state index contributed by atoms with van der Waals surface area (Å²) >= 11 is 6.05. The summed E-state index contributed by atoms with van der Waals surface area (Å²) in [4.78, 5) is 14.4. The highest BCUT2D eigenvalue weighted by Crippen LogP contribution is 2.40. The highest BCUT2D eigenvalue weighted by atomic mass is 35.5. The molecule has 2 amide bonds. The molecule has 3 aromatic rings. The maximum atomic E-state index is 12.1. The zero-order chi connectivity index (χ0) is 28.8. The Bertz CT molecular complexity index is 1300. The first kappa shape index (κ1) is 29.5. The number of ether oxygens (including phenoxy) is 2. The van der Waals surface area contributed by atoms with Crippen molar-refractivity contribution in [2.75, 3.05) is 31.5 Å². The van der Waals surface area contributed by atoms with Gasteiger partial charge >= 0.3 is 6.03 Å². The summed E-state index contributed by atoms with van der Waals surface area (Å²) in [5.74, 6) is 0. The third-order valence-corrected chi connectivity index (χ3v) is 8.15. The van der Waals surface area contributed by atoms with Crippen LogP contribution in [0.15, 0.2) is 72.8 Å². The number of rotatable bonds is 8. The van der Waals surface area contributed by atoms with Gasteiger partial charge in [-0.15, -0.1) is 0 Å². The number of piperidine rings is 1. The summed E-state index contributed by atoms with van der Waals surface area (Å²) in [6, 6.07) is 22.5. The first-order chi connectivity index (χ1) is 19.8. The van der Waals surface area contributed by atoms with Crippen molar-refractivity contribution in [1.82, 2.24) is 10.2 Å². The molecule has 0 saturated carbocycles. The number of benzene rings is 3. The average molecular weight is 580 g/mol. The topological polar surface area (TPSA) is 103 Å². The van der Waals surface area contributed by atoms with E-state index in [1.54, 1.807) is 0 Å². The van der Waals surface area contributed by atoms with E-state index in [1.165, 1.54) is 0 Å². The van der Waals surface area contributed by atoms with Crippen molar-refractivity contribution in [3.63, 3.8) is 0 Å². The lowest BCUT2D eigenvalue weighted by Gasteiger charge is -2.42. The normalized spacial score (nSPS) is 22.7.